The van der Waals surface area contributed by atoms with Crippen LogP contribution in [0.25, 0.3) is 0 Å². The summed E-state index contributed by atoms with van der Waals surface area (Å²) in [5.74, 6) is -0.409. The van der Waals surface area contributed by atoms with E-state index in [1.165, 1.54) is 24.0 Å². The Morgan fingerprint density at radius 1 is 1.44 bits per heavy atom. The smallest absolute Gasteiger partial charge is 0.410 e. The summed E-state index contributed by atoms with van der Waals surface area (Å²) in [7, 11) is 3.04. The molecule has 0 bridgehead atoms. The number of urea groups is 1. The van der Waals surface area contributed by atoms with Crippen molar-refractivity contribution in [3.63, 3.8) is 0 Å². The molecule has 8 nitrogen and oxygen atoms in total. The molecule has 2 atom stereocenters. The molecular weight excluding hydrogens is 242 g/mol. The lowest BCUT2D eigenvalue weighted by atomic mass is 10.1. The predicted molar refractivity (Wildman–Crippen MR) is 58.8 cm³/mol. The Morgan fingerprint density at radius 3 is 2.72 bits per heavy atom. The normalized spacial score (nSPS) is 27.8. The summed E-state index contributed by atoms with van der Waals surface area (Å²) < 4.78 is 9.84. The Hall–Kier alpha value is -1.83. The van der Waals surface area contributed by atoms with Crippen LogP contribution in [0.15, 0.2) is 0 Å². The first-order chi connectivity index (χ1) is 8.56. The minimum atomic E-state index is -0.708. The van der Waals surface area contributed by atoms with Gasteiger partial charge in [0.15, 0.2) is 0 Å². The van der Waals surface area contributed by atoms with Crippen LogP contribution >= 0.6 is 0 Å². The van der Waals surface area contributed by atoms with E-state index >= 15 is 0 Å². The monoisotopic (exact) mass is 257 g/mol. The van der Waals surface area contributed by atoms with E-state index in [2.05, 4.69) is 5.32 Å². The molecule has 0 aromatic carbocycles. The van der Waals surface area contributed by atoms with Gasteiger partial charge in [0.2, 0.25) is 0 Å². The molecule has 0 spiro atoms. The molecule has 2 saturated heterocycles. The Morgan fingerprint density at radius 2 is 2.17 bits per heavy atom. The highest BCUT2D eigenvalue weighted by atomic mass is 16.6. The second-order valence-electron chi connectivity index (χ2n) is 4.18. The van der Waals surface area contributed by atoms with E-state index in [1.807, 2.05) is 0 Å². The topological polar surface area (TPSA) is 88.2 Å². The quantitative estimate of drug-likeness (QED) is 0.653. The zero-order valence-corrected chi connectivity index (χ0v) is 10.2. The van der Waals surface area contributed by atoms with Gasteiger partial charge in [0.05, 0.1) is 12.6 Å². The molecule has 0 saturated carbocycles. The van der Waals surface area contributed by atoms with Crippen LogP contribution in [0.2, 0.25) is 0 Å². The van der Waals surface area contributed by atoms with Crippen molar-refractivity contribution in [2.24, 2.45) is 0 Å². The van der Waals surface area contributed by atoms with Crippen molar-refractivity contribution in [2.45, 2.75) is 12.1 Å². The van der Waals surface area contributed by atoms with E-state index in [9.17, 15) is 14.4 Å². The summed E-state index contributed by atoms with van der Waals surface area (Å²) in [6.45, 7) is 0.766. The predicted octanol–water partition coefficient (Wildman–Crippen LogP) is -0.996. The van der Waals surface area contributed by atoms with Crippen molar-refractivity contribution in [1.82, 2.24) is 15.1 Å². The van der Waals surface area contributed by atoms with Gasteiger partial charge in [-0.15, -0.1) is 0 Å². The zero-order valence-electron chi connectivity index (χ0n) is 10.2. The van der Waals surface area contributed by atoms with Crippen LogP contribution in [0.4, 0.5) is 9.59 Å². The first kappa shape index (κ1) is 12.6. The maximum atomic E-state index is 11.7. The first-order valence-corrected chi connectivity index (χ1v) is 5.56. The number of carbonyl (C=O) groups is 3. The van der Waals surface area contributed by atoms with E-state index in [0.29, 0.717) is 13.2 Å². The van der Waals surface area contributed by atoms with Gasteiger partial charge in [0, 0.05) is 20.7 Å². The highest BCUT2D eigenvalue weighted by molar-refractivity contribution is 6.04. The molecule has 2 rings (SSSR count). The molecule has 4 amide bonds. The Bertz CT molecular complexity index is 386. The molecule has 0 aromatic heterocycles. The van der Waals surface area contributed by atoms with Crippen molar-refractivity contribution >= 4 is 18.0 Å². The third-order valence-electron chi connectivity index (χ3n) is 3.15. The van der Waals surface area contributed by atoms with E-state index in [4.69, 9.17) is 9.47 Å². The fraction of sp³-hybridized carbons (Fsp3) is 0.700. The number of imide groups is 1. The number of methoxy groups -OCH3 is 1. The largest absolute Gasteiger partial charge is 0.447 e. The number of hydrogen-bond acceptors (Lipinski definition) is 5. The minimum absolute atomic E-state index is 0.0955. The number of ether oxygens (including phenoxy) is 2. The fourth-order valence-corrected chi connectivity index (χ4v) is 2.18. The maximum absolute atomic E-state index is 11.7. The van der Waals surface area contributed by atoms with Gasteiger partial charge in [0.25, 0.3) is 5.91 Å². The number of cyclic esters (lactones) is 1. The van der Waals surface area contributed by atoms with E-state index in [-0.39, 0.29) is 6.61 Å². The van der Waals surface area contributed by atoms with Crippen molar-refractivity contribution in [3.05, 3.63) is 0 Å². The molecular formula is C10H15N3O5. The standard InChI is InChI=1S/C10H15N3O5/c1-12-7(8(14)11-9(12)15)6-5-18-10(16)13(6)3-4-17-2/h6-7H,3-5H2,1-2H3,(H,11,14,15). The SMILES string of the molecule is COCCN1C(=O)OCC1C1C(=O)NC(=O)N1C. The molecule has 0 aromatic rings. The molecule has 2 heterocycles. The van der Waals surface area contributed by atoms with Crippen LogP contribution in [0.5, 0.6) is 0 Å². The van der Waals surface area contributed by atoms with Gasteiger partial charge in [-0.3, -0.25) is 15.0 Å². The first-order valence-electron chi connectivity index (χ1n) is 5.56. The van der Waals surface area contributed by atoms with Crippen molar-refractivity contribution in [1.29, 1.82) is 0 Å². The molecule has 1 N–H and O–H groups in total. The summed E-state index contributed by atoms with van der Waals surface area (Å²) in [6.07, 6.45) is -0.488. The number of likely N-dealkylation sites (N-methyl/N-ethyl adjacent to an activating group) is 1. The highest BCUT2D eigenvalue weighted by Gasteiger charge is 2.48. The van der Waals surface area contributed by atoms with E-state index < -0.39 is 30.1 Å². The highest BCUT2D eigenvalue weighted by Crippen LogP contribution is 2.21. The molecule has 8 heteroatoms. The Kier molecular flexibility index (Phi) is 3.37. The number of nitrogens with one attached hydrogen (secondary N) is 1. The van der Waals surface area contributed by atoms with Gasteiger partial charge in [-0.25, -0.2) is 9.59 Å². The van der Waals surface area contributed by atoms with Crippen LogP contribution in [0.3, 0.4) is 0 Å². The summed E-state index contributed by atoms with van der Waals surface area (Å²) >= 11 is 0. The number of carbonyl (C=O) groups excluding carboxylic acids is 3. The second kappa shape index (κ2) is 4.81. The average Bonchev–Trinajstić information content (AvgIpc) is 2.79. The van der Waals surface area contributed by atoms with Crippen molar-refractivity contribution in [3.8, 4) is 0 Å². The summed E-state index contributed by atoms with van der Waals surface area (Å²) in [5, 5.41) is 2.21. The summed E-state index contributed by atoms with van der Waals surface area (Å²) in [5.41, 5.74) is 0. The van der Waals surface area contributed by atoms with Crippen LogP contribution in [0.1, 0.15) is 0 Å². The van der Waals surface area contributed by atoms with Gasteiger partial charge in [0.1, 0.15) is 12.6 Å². The zero-order chi connectivity index (χ0) is 13.3. The lowest BCUT2D eigenvalue weighted by molar-refractivity contribution is -0.122. The van der Waals surface area contributed by atoms with Gasteiger partial charge in [-0.1, -0.05) is 0 Å². The van der Waals surface area contributed by atoms with Crippen molar-refractivity contribution < 1.29 is 23.9 Å². The van der Waals surface area contributed by atoms with Gasteiger partial charge in [-0.2, -0.15) is 0 Å². The molecule has 100 valence electrons. The van der Waals surface area contributed by atoms with Crippen LogP contribution in [0, 0.1) is 0 Å². The molecule has 2 aliphatic heterocycles. The molecule has 0 radical (unpaired) electrons. The van der Waals surface area contributed by atoms with Crippen LogP contribution in [-0.2, 0) is 14.3 Å². The van der Waals surface area contributed by atoms with E-state index in [0.717, 1.165) is 0 Å². The number of nitrogens with zero attached hydrogens (tertiary/aromatic N) is 2. The minimum Gasteiger partial charge on any atom is -0.447 e. The third kappa shape index (κ3) is 1.99. The summed E-state index contributed by atoms with van der Waals surface area (Å²) in [6, 6.07) is -1.64. The number of hydrogen-bond donors (Lipinski definition) is 1. The Balaban J connectivity index is 2.13. The lowest BCUT2D eigenvalue weighted by Gasteiger charge is -2.27. The Labute approximate surface area is 104 Å². The number of rotatable bonds is 4. The molecule has 0 aliphatic carbocycles. The average molecular weight is 257 g/mol. The molecule has 2 fully saturated rings. The van der Waals surface area contributed by atoms with Gasteiger partial charge < -0.3 is 14.4 Å². The third-order valence-corrected chi connectivity index (χ3v) is 3.15. The van der Waals surface area contributed by atoms with E-state index in [1.54, 1.807) is 0 Å². The second-order valence-corrected chi connectivity index (χ2v) is 4.18. The van der Waals surface area contributed by atoms with Crippen molar-refractivity contribution in [2.75, 3.05) is 33.9 Å². The molecule has 2 unspecified atom stereocenters. The summed E-state index contributed by atoms with van der Waals surface area (Å²) in [4.78, 5) is 37.3. The van der Waals surface area contributed by atoms with Gasteiger partial charge in [-0.05, 0) is 0 Å². The lowest BCUT2D eigenvalue weighted by Crippen LogP contribution is -2.51. The molecule has 2 aliphatic rings. The van der Waals surface area contributed by atoms with Crippen LogP contribution in [-0.4, -0.2) is 73.8 Å². The number of amides is 4. The maximum Gasteiger partial charge on any atom is 0.410 e. The van der Waals surface area contributed by atoms with Crippen LogP contribution < -0.4 is 5.32 Å². The fourth-order valence-electron chi connectivity index (χ4n) is 2.18. The van der Waals surface area contributed by atoms with Gasteiger partial charge >= 0.3 is 12.1 Å². The molecule has 18 heavy (non-hydrogen) atoms.